The first-order valence-corrected chi connectivity index (χ1v) is 7.16. The van der Waals surface area contributed by atoms with Gasteiger partial charge in [-0.15, -0.1) is 0 Å². The van der Waals surface area contributed by atoms with E-state index in [-0.39, 0.29) is 18.3 Å². The van der Waals surface area contributed by atoms with Gasteiger partial charge in [0.05, 0.1) is 11.2 Å². The van der Waals surface area contributed by atoms with E-state index in [1.165, 1.54) is 16.3 Å². The number of aryl methyl sites for hydroxylation is 1. The molecule has 1 heterocycles. The first-order valence-electron chi connectivity index (χ1n) is 7.16. The fourth-order valence-corrected chi connectivity index (χ4v) is 2.67. The predicted molar refractivity (Wildman–Crippen MR) is 84.4 cm³/mol. The summed E-state index contributed by atoms with van der Waals surface area (Å²) in [7, 11) is -0.287. The molecule has 0 amide bonds. The maximum absolute atomic E-state index is 6.16. The summed E-state index contributed by atoms with van der Waals surface area (Å²) < 4.78 is 12.3. The van der Waals surface area contributed by atoms with Crippen LogP contribution >= 0.6 is 0 Å². The van der Waals surface area contributed by atoms with Crippen LogP contribution in [0.2, 0.25) is 0 Å². The topological polar surface area (TPSA) is 18.5 Å². The number of hydrogen-bond donors (Lipinski definition) is 0. The van der Waals surface area contributed by atoms with Crippen LogP contribution in [0.4, 0.5) is 0 Å². The monoisotopic (exact) mass is 268 g/mol. The summed E-state index contributed by atoms with van der Waals surface area (Å²) in [6, 6.07) is 12.7. The van der Waals surface area contributed by atoms with Gasteiger partial charge in [0.2, 0.25) is 0 Å². The molecular formula is C17H21BO2. The number of benzene rings is 2. The van der Waals surface area contributed by atoms with E-state index in [4.69, 9.17) is 9.31 Å². The van der Waals surface area contributed by atoms with E-state index in [1.807, 2.05) is 0 Å². The van der Waals surface area contributed by atoms with Crippen molar-refractivity contribution in [1.82, 2.24) is 0 Å². The average molecular weight is 268 g/mol. The van der Waals surface area contributed by atoms with Crippen molar-refractivity contribution >= 4 is 23.4 Å². The van der Waals surface area contributed by atoms with Crippen LogP contribution in [0.3, 0.4) is 0 Å². The van der Waals surface area contributed by atoms with Crippen LogP contribution in [-0.4, -0.2) is 18.3 Å². The maximum Gasteiger partial charge on any atom is 0.495 e. The highest BCUT2D eigenvalue weighted by atomic mass is 16.7. The van der Waals surface area contributed by atoms with E-state index in [2.05, 4.69) is 71.0 Å². The molecule has 2 aromatic carbocycles. The number of hydrogen-bond acceptors (Lipinski definition) is 2. The van der Waals surface area contributed by atoms with Crippen molar-refractivity contribution in [3.63, 3.8) is 0 Å². The van der Waals surface area contributed by atoms with Crippen LogP contribution in [0.1, 0.15) is 33.3 Å². The van der Waals surface area contributed by atoms with Crippen LogP contribution in [0.15, 0.2) is 36.4 Å². The lowest BCUT2D eigenvalue weighted by atomic mass is 9.75. The van der Waals surface area contributed by atoms with E-state index in [0.717, 1.165) is 5.46 Å². The second-order valence-electron chi connectivity index (χ2n) is 6.59. The molecular weight excluding hydrogens is 247 g/mol. The molecule has 2 nitrogen and oxygen atoms in total. The molecule has 3 rings (SSSR count). The minimum atomic E-state index is -0.296. The quantitative estimate of drug-likeness (QED) is 0.737. The zero-order chi connectivity index (χ0) is 14.5. The minimum Gasteiger partial charge on any atom is -0.399 e. The first-order chi connectivity index (χ1) is 9.32. The minimum absolute atomic E-state index is 0.287. The summed E-state index contributed by atoms with van der Waals surface area (Å²) in [5.74, 6) is 0. The third kappa shape index (κ3) is 1.97. The average Bonchev–Trinajstić information content (AvgIpc) is 2.59. The fraction of sp³-hybridized carbons (Fsp3) is 0.412. The third-order valence-corrected chi connectivity index (χ3v) is 4.75. The molecule has 0 N–H and O–H groups in total. The Labute approximate surface area is 121 Å². The van der Waals surface area contributed by atoms with Crippen molar-refractivity contribution in [3.05, 3.63) is 42.0 Å². The lowest BCUT2D eigenvalue weighted by molar-refractivity contribution is 0.00578. The Morgan fingerprint density at radius 1 is 0.850 bits per heavy atom. The smallest absolute Gasteiger partial charge is 0.399 e. The molecule has 1 saturated heterocycles. The van der Waals surface area contributed by atoms with Crippen molar-refractivity contribution in [1.29, 1.82) is 0 Å². The Bertz CT molecular complexity index is 645. The molecule has 0 saturated carbocycles. The maximum atomic E-state index is 6.16. The van der Waals surface area contributed by atoms with E-state index in [1.54, 1.807) is 0 Å². The molecule has 0 aromatic heterocycles. The molecule has 0 aliphatic carbocycles. The van der Waals surface area contributed by atoms with Gasteiger partial charge in [-0.05, 0) is 56.4 Å². The Balaban J connectivity index is 2.06. The summed E-state index contributed by atoms with van der Waals surface area (Å²) in [6.07, 6.45) is 0. The number of rotatable bonds is 1. The van der Waals surface area contributed by atoms with Gasteiger partial charge in [-0.25, -0.2) is 0 Å². The zero-order valence-electron chi connectivity index (χ0n) is 12.9. The highest BCUT2D eigenvalue weighted by Crippen LogP contribution is 2.37. The summed E-state index contributed by atoms with van der Waals surface area (Å²) >= 11 is 0. The molecule has 1 aliphatic rings. The normalized spacial score (nSPS) is 20.6. The Hall–Kier alpha value is -1.32. The van der Waals surface area contributed by atoms with Gasteiger partial charge in [0, 0.05) is 0 Å². The molecule has 1 fully saturated rings. The second-order valence-corrected chi connectivity index (χ2v) is 6.59. The van der Waals surface area contributed by atoms with E-state index in [0.29, 0.717) is 0 Å². The van der Waals surface area contributed by atoms with Crippen LogP contribution in [0, 0.1) is 6.92 Å². The van der Waals surface area contributed by atoms with E-state index in [9.17, 15) is 0 Å². The Morgan fingerprint density at radius 3 is 2.10 bits per heavy atom. The lowest BCUT2D eigenvalue weighted by Crippen LogP contribution is -2.41. The van der Waals surface area contributed by atoms with Gasteiger partial charge in [0.15, 0.2) is 0 Å². The van der Waals surface area contributed by atoms with Crippen molar-refractivity contribution in [2.24, 2.45) is 0 Å². The molecule has 0 bridgehead atoms. The van der Waals surface area contributed by atoms with Gasteiger partial charge in [-0.3, -0.25) is 0 Å². The van der Waals surface area contributed by atoms with Crippen LogP contribution in [0.25, 0.3) is 10.8 Å². The highest BCUT2D eigenvalue weighted by molar-refractivity contribution is 6.63. The first kappa shape index (κ1) is 13.7. The van der Waals surface area contributed by atoms with Crippen molar-refractivity contribution < 1.29 is 9.31 Å². The van der Waals surface area contributed by atoms with Gasteiger partial charge >= 0.3 is 7.12 Å². The molecule has 3 heteroatoms. The molecule has 20 heavy (non-hydrogen) atoms. The zero-order valence-corrected chi connectivity index (χ0v) is 12.9. The summed E-state index contributed by atoms with van der Waals surface area (Å²) in [5.41, 5.74) is 1.77. The van der Waals surface area contributed by atoms with Gasteiger partial charge in [-0.1, -0.05) is 36.4 Å². The molecule has 0 atom stereocenters. The van der Waals surface area contributed by atoms with Gasteiger partial charge in [0.25, 0.3) is 0 Å². The third-order valence-electron chi connectivity index (χ3n) is 4.75. The van der Waals surface area contributed by atoms with Crippen molar-refractivity contribution in [2.75, 3.05) is 0 Å². The lowest BCUT2D eigenvalue weighted by Gasteiger charge is -2.32. The fourth-order valence-electron chi connectivity index (χ4n) is 2.67. The highest BCUT2D eigenvalue weighted by Gasteiger charge is 2.52. The summed E-state index contributed by atoms with van der Waals surface area (Å²) in [4.78, 5) is 0. The van der Waals surface area contributed by atoms with Crippen LogP contribution in [-0.2, 0) is 9.31 Å². The Morgan fingerprint density at radius 2 is 1.45 bits per heavy atom. The predicted octanol–water partition coefficient (Wildman–Crippen LogP) is 3.45. The standard InChI is InChI=1S/C17H21BO2/c1-12-14-9-7-6-8-13(14)10-11-15(12)18-19-16(2,3)17(4,5)20-18/h6-11H,1-5H3. The molecule has 104 valence electrons. The van der Waals surface area contributed by atoms with Gasteiger partial charge in [-0.2, -0.15) is 0 Å². The molecule has 1 aliphatic heterocycles. The summed E-state index contributed by atoms with van der Waals surface area (Å²) in [6.45, 7) is 10.5. The molecule has 0 radical (unpaired) electrons. The Kier molecular flexibility index (Phi) is 2.96. The second kappa shape index (κ2) is 4.34. The molecule has 0 unspecified atom stereocenters. The van der Waals surface area contributed by atoms with Gasteiger partial charge < -0.3 is 9.31 Å². The van der Waals surface area contributed by atoms with E-state index >= 15 is 0 Å². The van der Waals surface area contributed by atoms with E-state index < -0.39 is 0 Å². The SMILES string of the molecule is Cc1c(B2OC(C)(C)C(C)(C)O2)ccc2ccccc12. The number of fused-ring (bicyclic) bond motifs is 1. The van der Waals surface area contributed by atoms with Crippen LogP contribution in [0.5, 0.6) is 0 Å². The summed E-state index contributed by atoms with van der Waals surface area (Å²) in [5, 5.41) is 2.52. The molecule has 0 spiro atoms. The van der Waals surface area contributed by atoms with Crippen LogP contribution < -0.4 is 5.46 Å². The van der Waals surface area contributed by atoms with Crippen molar-refractivity contribution in [2.45, 2.75) is 45.8 Å². The van der Waals surface area contributed by atoms with Gasteiger partial charge in [0.1, 0.15) is 0 Å². The van der Waals surface area contributed by atoms with Crippen molar-refractivity contribution in [3.8, 4) is 0 Å². The largest absolute Gasteiger partial charge is 0.495 e. The molecule has 2 aromatic rings.